The monoisotopic (exact) mass is 566 g/mol. The van der Waals surface area contributed by atoms with Crippen LogP contribution in [0.1, 0.15) is 70.2 Å². The molecule has 0 unspecified atom stereocenters. The molecule has 7 heteroatoms. The molecule has 0 aliphatic rings. The normalized spacial score (nSPS) is 11.5. The number of alkyl halides is 5. The molecule has 0 aliphatic carbocycles. The van der Waals surface area contributed by atoms with Gasteiger partial charge in [-0.3, -0.25) is 4.90 Å². The second-order valence-corrected chi connectivity index (χ2v) is 10.2. The number of hydrogen-bond acceptors (Lipinski definition) is 2. The smallest absolute Gasteiger partial charge is 0.388 e. The highest BCUT2D eigenvalue weighted by atomic mass is 19.4. The molecule has 40 heavy (non-hydrogen) atoms. The summed E-state index contributed by atoms with van der Waals surface area (Å²) in [4.78, 5) is 2.39. The zero-order valence-electron chi connectivity index (χ0n) is 25.2. The summed E-state index contributed by atoms with van der Waals surface area (Å²) < 4.78 is 63.3. The Morgan fingerprint density at radius 2 is 1.45 bits per heavy atom. The topological polar surface area (TPSA) is 15.3 Å². The standard InChI is InChI=1S/C21H31N.C10H10F5N.C2H6/c1-7-9-15-22(14-8-2)17-20-12-10-19(11-13-20)16-21(5,6)18(3)4;1-9(11,12)6-3-4-8(16-2)7(5-6)10(13,14)15;1-2/h7-8,10-13H,1-3,9,14-17H2,4-6H3;3-5,16H,1-2H3;1-2H3. The average molecular weight is 567 g/mol. The fourth-order valence-electron chi connectivity index (χ4n) is 3.64. The molecular weight excluding hydrogens is 519 g/mol. The maximum absolute atomic E-state index is 12.9. The van der Waals surface area contributed by atoms with Crippen molar-refractivity contribution >= 4 is 5.69 Å². The molecule has 1 N–H and O–H groups in total. The average Bonchev–Trinajstić information content (AvgIpc) is 2.88. The Balaban J connectivity index is 0.000000747. The van der Waals surface area contributed by atoms with Crippen molar-refractivity contribution in [2.75, 3.05) is 25.5 Å². The third-order valence-corrected chi connectivity index (χ3v) is 6.37. The molecule has 0 aliphatic heterocycles. The van der Waals surface area contributed by atoms with E-state index in [4.69, 9.17) is 0 Å². The van der Waals surface area contributed by atoms with Crippen LogP contribution in [0.4, 0.5) is 27.6 Å². The third kappa shape index (κ3) is 12.9. The van der Waals surface area contributed by atoms with Gasteiger partial charge in [0.1, 0.15) is 0 Å². The predicted octanol–water partition coefficient (Wildman–Crippen LogP) is 10.3. The fourth-order valence-corrected chi connectivity index (χ4v) is 3.64. The largest absolute Gasteiger partial charge is 0.418 e. The Kier molecular flexibility index (Phi) is 15.8. The van der Waals surface area contributed by atoms with Crippen LogP contribution in [0, 0.1) is 5.41 Å². The maximum atomic E-state index is 12.9. The minimum atomic E-state index is -4.65. The second-order valence-electron chi connectivity index (χ2n) is 10.2. The Morgan fingerprint density at radius 3 is 1.88 bits per heavy atom. The summed E-state index contributed by atoms with van der Waals surface area (Å²) in [5.74, 6) is -3.29. The Bertz CT molecular complexity index is 1050. The van der Waals surface area contributed by atoms with Crippen LogP contribution in [-0.4, -0.2) is 25.0 Å². The number of allylic oxidation sites excluding steroid dienone is 1. The first-order chi connectivity index (χ1) is 18.5. The molecule has 0 saturated heterocycles. The van der Waals surface area contributed by atoms with E-state index >= 15 is 0 Å². The van der Waals surface area contributed by atoms with Crippen LogP contribution in [-0.2, 0) is 25.1 Å². The van der Waals surface area contributed by atoms with Gasteiger partial charge in [0.25, 0.3) is 5.92 Å². The maximum Gasteiger partial charge on any atom is 0.418 e. The van der Waals surface area contributed by atoms with E-state index < -0.39 is 23.2 Å². The highest BCUT2D eigenvalue weighted by Crippen LogP contribution is 2.38. The lowest BCUT2D eigenvalue weighted by Crippen LogP contribution is -2.24. The van der Waals surface area contributed by atoms with Crippen molar-refractivity contribution in [3.63, 3.8) is 0 Å². The van der Waals surface area contributed by atoms with Crippen molar-refractivity contribution in [3.8, 4) is 0 Å². The van der Waals surface area contributed by atoms with E-state index in [1.54, 1.807) is 0 Å². The lowest BCUT2D eigenvalue weighted by molar-refractivity contribution is -0.137. The summed E-state index contributed by atoms with van der Waals surface area (Å²) in [6.07, 6.45) is 1.33. The second kappa shape index (κ2) is 17.0. The Labute approximate surface area is 238 Å². The van der Waals surface area contributed by atoms with Gasteiger partial charge < -0.3 is 5.32 Å². The molecule has 224 valence electrons. The minimum Gasteiger partial charge on any atom is -0.388 e. The van der Waals surface area contributed by atoms with Gasteiger partial charge in [-0.25, -0.2) is 8.78 Å². The van der Waals surface area contributed by atoms with Crippen LogP contribution in [0.25, 0.3) is 0 Å². The number of anilines is 1. The van der Waals surface area contributed by atoms with Crippen LogP contribution in [0.2, 0.25) is 0 Å². The summed E-state index contributed by atoms with van der Waals surface area (Å²) in [7, 11) is 1.30. The molecular formula is C33H47F5N2. The van der Waals surface area contributed by atoms with Crippen LogP contribution in [0.15, 0.2) is 79.9 Å². The molecule has 2 aromatic carbocycles. The molecule has 0 amide bonds. The van der Waals surface area contributed by atoms with Crippen molar-refractivity contribution in [3.05, 3.63) is 102 Å². The van der Waals surface area contributed by atoms with Crippen LogP contribution in [0.3, 0.4) is 0 Å². The van der Waals surface area contributed by atoms with E-state index in [0.717, 1.165) is 44.6 Å². The lowest BCUT2D eigenvalue weighted by atomic mass is 9.80. The van der Waals surface area contributed by atoms with Gasteiger partial charge in [0.2, 0.25) is 0 Å². The first-order valence-corrected chi connectivity index (χ1v) is 13.5. The zero-order valence-corrected chi connectivity index (χ0v) is 25.2. The van der Waals surface area contributed by atoms with Gasteiger partial charge in [-0.1, -0.05) is 82.3 Å². The van der Waals surface area contributed by atoms with Crippen molar-refractivity contribution in [2.24, 2.45) is 5.41 Å². The summed E-state index contributed by atoms with van der Waals surface area (Å²) in [6, 6.07) is 11.4. The van der Waals surface area contributed by atoms with Crippen LogP contribution >= 0.6 is 0 Å². The van der Waals surface area contributed by atoms with E-state index in [1.165, 1.54) is 23.7 Å². The number of halogens is 5. The molecule has 0 bridgehead atoms. The van der Waals surface area contributed by atoms with Crippen molar-refractivity contribution in [2.45, 2.75) is 73.0 Å². The third-order valence-electron chi connectivity index (χ3n) is 6.37. The number of rotatable bonds is 12. The van der Waals surface area contributed by atoms with Gasteiger partial charge in [0.05, 0.1) is 5.56 Å². The molecule has 0 aromatic heterocycles. The summed E-state index contributed by atoms with van der Waals surface area (Å²) in [5, 5.41) is 2.32. The Hall–Kier alpha value is -2.93. The van der Waals surface area contributed by atoms with Gasteiger partial charge in [0, 0.05) is 44.9 Å². The molecule has 2 aromatic rings. The molecule has 2 rings (SSSR count). The number of benzene rings is 2. The molecule has 0 heterocycles. The first kappa shape index (κ1) is 37.1. The fraction of sp³-hybridized carbons (Fsp3) is 0.455. The molecule has 2 nitrogen and oxygen atoms in total. The summed E-state index contributed by atoms with van der Waals surface area (Å²) in [5.41, 5.74) is 2.15. The minimum absolute atomic E-state index is 0.153. The molecule has 0 saturated carbocycles. The van der Waals surface area contributed by atoms with E-state index in [0.29, 0.717) is 13.0 Å². The van der Waals surface area contributed by atoms with Gasteiger partial charge in [0.15, 0.2) is 0 Å². The SMILES string of the molecule is C=CCCN(CC=C)Cc1ccc(CC(C)(C)C(=C)C)cc1.CC.CNc1ccc(C(C)(F)F)cc1C(F)(F)F. The lowest BCUT2D eigenvalue weighted by Gasteiger charge is -2.25. The van der Waals surface area contributed by atoms with Crippen LogP contribution < -0.4 is 5.32 Å². The van der Waals surface area contributed by atoms with Crippen molar-refractivity contribution in [1.29, 1.82) is 0 Å². The number of hydrogen-bond donors (Lipinski definition) is 1. The highest BCUT2D eigenvalue weighted by Gasteiger charge is 2.36. The predicted molar refractivity (Wildman–Crippen MR) is 161 cm³/mol. The summed E-state index contributed by atoms with van der Waals surface area (Å²) in [6.45, 7) is 25.8. The van der Waals surface area contributed by atoms with E-state index in [9.17, 15) is 22.0 Å². The quantitative estimate of drug-likeness (QED) is 0.203. The van der Waals surface area contributed by atoms with Gasteiger partial charge >= 0.3 is 6.18 Å². The van der Waals surface area contributed by atoms with E-state index in [-0.39, 0.29) is 11.1 Å². The molecule has 0 atom stereocenters. The highest BCUT2D eigenvalue weighted by molar-refractivity contribution is 5.54. The van der Waals surface area contributed by atoms with Crippen molar-refractivity contribution in [1.82, 2.24) is 4.90 Å². The van der Waals surface area contributed by atoms with Gasteiger partial charge in [-0.15, -0.1) is 13.2 Å². The number of nitrogens with zero attached hydrogens (tertiary/aromatic N) is 1. The van der Waals surface area contributed by atoms with Gasteiger partial charge in [-0.05, 0) is 48.4 Å². The molecule has 0 fully saturated rings. The Morgan fingerprint density at radius 1 is 0.900 bits per heavy atom. The van der Waals surface area contributed by atoms with E-state index in [2.05, 4.69) is 75.0 Å². The molecule has 0 spiro atoms. The zero-order chi connectivity index (χ0) is 31.1. The van der Waals surface area contributed by atoms with E-state index in [1.807, 2.05) is 26.0 Å². The van der Waals surface area contributed by atoms with Crippen LogP contribution in [0.5, 0.6) is 0 Å². The summed E-state index contributed by atoms with van der Waals surface area (Å²) >= 11 is 0. The van der Waals surface area contributed by atoms with Gasteiger partial charge in [-0.2, -0.15) is 13.2 Å². The van der Waals surface area contributed by atoms with Crippen molar-refractivity contribution < 1.29 is 22.0 Å². The molecule has 0 radical (unpaired) electrons. The number of nitrogens with one attached hydrogen (secondary N) is 1. The first-order valence-electron chi connectivity index (χ1n) is 13.5.